The maximum absolute atomic E-state index is 13.8. The summed E-state index contributed by atoms with van der Waals surface area (Å²) >= 11 is 12.3. The van der Waals surface area contributed by atoms with Crippen LogP contribution in [0.15, 0.2) is 42.5 Å². The van der Waals surface area contributed by atoms with E-state index in [1.807, 2.05) is 12.1 Å². The Morgan fingerprint density at radius 1 is 0.941 bits per heavy atom. The number of benzene rings is 2. The Balaban J connectivity index is 1.39. The van der Waals surface area contributed by atoms with E-state index in [0.29, 0.717) is 36.3 Å². The monoisotopic (exact) mass is 505 g/mol. The third-order valence-electron chi connectivity index (χ3n) is 7.37. The van der Waals surface area contributed by atoms with Crippen LogP contribution in [0.5, 0.6) is 0 Å². The Kier molecular flexibility index (Phi) is 7.42. The Morgan fingerprint density at radius 2 is 1.74 bits per heavy atom. The van der Waals surface area contributed by atoms with Crippen molar-refractivity contribution in [1.82, 2.24) is 14.7 Å². The van der Waals surface area contributed by atoms with Crippen LogP contribution >= 0.6 is 23.2 Å². The third kappa shape index (κ3) is 5.12. The Morgan fingerprint density at radius 3 is 2.50 bits per heavy atom. The quantitative estimate of drug-likeness (QED) is 0.608. The predicted molar refractivity (Wildman–Crippen MR) is 132 cm³/mol. The number of carbonyl (C=O) groups excluding carboxylic acids is 1. The van der Waals surface area contributed by atoms with Crippen molar-refractivity contribution in [3.63, 3.8) is 0 Å². The first-order chi connectivity index (χ1) is 16.5. The maximum atomic E-state index is 13.8. The lowest BCUT2D eigenvalue weighted by Gasteiger charge is -2.54. The fraction of sp³-hybridized carbons (Fsp3) is 0.500. The lowest BCUT2D eigenvalue weighted by Crippen LogP contribution is -2.71. The highest BCUT2D eigenvalue weighted by Gasteiger charge is 2.47. The molecule has 8 heteroatoms. The molecule has 5 rings (SSSR count). The van der Waals surface area contributed by atoms with Crippen LogP contribution in [0.1, 0.15) is 24.0 Å². The average molecular weight is 506 g/mol. The molecule has 2 aromatic rings. The van der Waals surface area contributed by atoms with Crippen LogP contribution in [0, 0.1) is 5.82 Å². The molecule has 0 bridgehead atoms. The van der Waals surface area contributed by atoms with Gasteiger partial charge >= 0.3 is 0 Å². The summed E-state index contributed by atoms with van der Waals surface area (Å²) in [7, 11) is 0. The molecule has 34 heavy (non-hydrogen) atoms. The number of likely N-dealkylation sites (tertiary alicyclic amines) is 1. The largest absolute Gasteiger partial charge is 0.378 e. The van der Waals surface area contributed by atoms with Crippen LogP contribution in [0.3, 0.4) is 0 Å². The van der Waals surface area contributed by atoms with Crippen molar-refractivity contribution in [2.24, 2.45) is 0 Å². The minimum absolute atomic E-state index is 0.0319. The van der Waals surface area contributed by atoms with Crippen molar-refractivity contribution in [2.45, 2.75) is 43.9 Å². The summed E-state index contributed by atoms with van der Waals surface area (Å²) in [5, 5.41) is 0.952. The number of hydrogen-bond acceptors (Lipinski definition) is 4. The molecule has 0 spiro atoms. The van der Waals surface area contributed by atoms with Crippen molar-refractivity contribution in [3.8, 4) is 0 Å². The van der Waals surface area contributed by atoms with Crippen LogP contribution in [-0.2, 0) is 22.5 Å². The van der Waals surface area contributed by atoms with Crippen molar-refractivity contribution in [2.75, 3.05) is 39.4 Å². The Labute approximate surface area is 210 Å². The normalized spacial score (nSPS) is 26.0. The molecular formula is C26H30Cl2FN3O2. The Bertz CT molecular complexity index is 1030. The van der Waals surface area contributed by atoms with Gasteiger partial charge in [0.25, 0.3) is 0 Å². The second kappa shape index (κ2) is 10.5. The number of piperazine rings is 1. The summed E-state index contributed by atoms with van der Waals surface area (Å²) in [6.45, 7) is 5.28. The van der Waals surface area contributed by atoms with Gasteiger partial charge in [-0.1, -0.05) is 41.4 Å². The smallest absolute Gasteiger partial charge is 0.227 e. The number of rotatable bonds is 5. The summed E-state index contributed by atoms with van der Waals surface area (Å²) in [5.41, 5.74) is 1.81. The molecule has 0 aromatic heterocycles. The van der Waals surface area contributed by atoms with Crippen LogP contribution in [0.25, 0.3) is 0 Å². The van der Waals surface area contributed by atoms with Gasteiger partial charge in [-0.05, 0) is 61.3 Å². The molecule has 3 atom stereocenters. The standard InChI is InChI=1S/C26H30Cl2FN3O2/c27-21-7-6-18(13-22(21)28)14-25(33)32-11-10-31(15-19-4-3-5-20(29)12-19)24-17-34-16-23(26(24)32)30-8-1-2-9-30/h3-7,12-13,23-24,26H,1-2,8-11,14-17H2/t23-,24+,26+/m0/s1. The van der Waals surface area contributed by atoms with E-state index in [1.54, 1.807) is 24.3 Å². The SMILES string of the molecule is O=C(Cc1ccc(Cl)c(Cl)c1)N1CCN(Cc2cccc(F)c2)[C@@H]2COC[C@H](N3CCCC3)[C@H]21. The maximum Gasteiger partial charge on any atom is 0.227 e. The van der Waals surface area contributed by atoms with Crippen LogP contribution in [0.2, 0.25) is 10.0 Å². The zero-order valence-corrected chi connectivity index (χ0v) is 20.6. The fourth-order valence-corrected chi connectivity index (χ4v) is 6.05. The topological polar surface area (TPSA) is 36.0 Å². The van der Waals surface area contributed by atoms with E-state index in [-0.39, 0.29) is 36.3 Å². The van der Waals surface area contributed by atoms with E-state index in [9.17, 15) is 9.18 Å². The summed E-state index contributed by atoms with van der Waals surface area (Å²) < 4.78 is 19.9. The van der Waals surface area contributed by atoms with Gasteiger partial charge in [0.15, 0.2) is 0 Å². The summed E-state index contributed by atoms with van der Waals surface area (Å²) in [6, 6.07) is 12.4. The van der Waals surface area contributed by atoms with Gasteiger partial charge < -0.3 is 9.64 Å². The summed E-state index contributed by atoms with van der Waals surface area (Å²) in [4.78, 5) is 20.5. The van der Waals surface area contributed by atoms with Gasteiger partial charge in [-0.2, -0.15) is 0 Å². The minimum Gasteiger partial charge on any atom is -0.378 e. The molecule has 3 heterocycles. The van der Waals surface area contributed by atoms with Crippen molar-refractivity contribution in [3.05, 3.63) is 69.5 Å². The van der Waals surface area contributed by atoms with E-state index >= 15 is 0 Å². The average Bonchev–Trinajstić information content (AvgIpc) is 3.36. The molecule has 0 radical (unpaired) electrons. The lowest BCUT2D eigenvalue weighted by molar-refractivity contribution is -0.153. The van der Waals surface area contributed by atoms with Gasteiger partial charge in [0.2, 0.25) is 5.91 Å². The van der Waals surface area contributed by atoms with Gasteiger partial charge in [0, 0.05) is 19.6 Å². The number of amides is 1. The first-order valence-corrected chi connectivity index (χ1v) is 12.8. The third-order valence-corrected chi connectivity index (χ3v) is 8.11. The molecule has 3 aliphatic rings. The number of fused-ring (bicyclic) bond motifs is 1. The van der Waals surface area contributed by atoms with Crippen molar-refractivity contribution < 1.29 is 13.9 Å². The van der Waals surface area contributed by atoms with E-state index in [2.05, 4.69) is 14.7 Å². The molecule has 3 saturated heterocycles. The number of hydrogen-bond donors (Lipinski definition) is 0. The minimum atomic E-state index is -0.223. The molecule has 0 unspecified atom stereocenters. The van der Waals surface area contributed by atoms with E-state index in [0.717, 1.165) is 30.8 Å². The lowest BCUT2D eigenvalue weighted by atomic mass is 9.90. The molecule has 2 aromatic carbocycles. The van der Waals surface area contributed by atoms with Gasteiger partial charge in [0.1, 0.15) is 5.82 Å². The molecule has 5 nitrogen and oxygen atoms in total. The van der Waals surface area contributed by atoms with Gasteiger partial charge in [-0.25, -0.2) is 4.39 Å². The van der Waals surface area contributed by atoms with Crippen molar-refractivity contribution in [1.29, 1.82) is 0 Å². The van der Waals surface area contributed by atoms with E-state index in [1.165, 1.54) is 18.9 Å². The number of carbonyl (C=O) groups is 1. The summed E-state index contributed by atoms with van der Waals surface area (Å²) in [6.07, 6.45) is 2.65. The highest BCUT2D eigenvalue weighted by Crippen LogP contribution is 2.31. The summed E-state index contributed by atoms with van der Waals surface area (Å²) in [5.74, 6) is -0.121. The number of nitrogens with zero attached hydrogens (tertiary/aromatic N) is 3. The molecular weight excluding hydrogens is 476 g/mol. The Hall–Kier alpha value is -1.70. The molecule has 3 aliphatic heterocycles. The van der Waals surface area contributed by atoms with Crippen molar-refractivity contribution >= 4 is 29.1 Å². The first kappa shape index (κ1) is 24.0. The number of ether oxygens (including phenoxy) is 1. The van der Waals surface area contributed by atoms with Crippen LogP contribution < -0.4 is 0 Å². The molecule has 182 valence electrons. The van der Waals surface area contributed by atoms with E-state index in [4.69, 9.17) is 27.9 Å². The molecule has 1 amide bonds. The molecule has 0 aliphatic carbocycles. The van der Waals surface area contributed by atoms with Crippen LogP contribution in [-0.4, -0.2) is 78.1 Å². The molecule has 3 fully saturated rings. The first-order valence-electron chi connectivity index (χ1n) is 12.0. The zero-order valence-electron chi connectivity index (χ0n) is 19.1. The number of halogens is 3. The van der Waals surface area contributed by atoms with Gasteiger partial charge in [0.05, 0.1) is 47.8 Å². The molecule has 0 saturated carbocycles. The molecule has 0 N–H and O–H groups in total. The van der Waals surface area contributed by atoms with Crippen LogP contribution in [0.4, 0.5) is 4.39 Å². The second-order valence-electron chi connectivity index (χ2n) is 9.52. The highest BCUT2D eigenvalue weighted by atomic mass is 35.5. The zero-order chi connectivity index (χ0) is 23.7. The second-order valence-corrected chi connectivity index (χ2v) is 10.3. The van der Waals surface area contributed by atoms with E-state index < -0.39 is 0 Å². The fourth-order valence-electron chi connectivity index (χ4n) is 5.73. The highest BCUT2D eigenvalue weighted by molar-refractivity contribution is 6.42. The van der Waals surface area contributed by atoms with Gasteiger partial charge in [-0.15, -0.1) is 0 Å². The predicted octanol–water partition coefficient (Wildman–Crippen LogP) is 4.25. The van der Waals surface area contributed by atoms with Gasteiger partial charge in [-0.3, -0.25) is 14.6 Å².